The van der Waals surface area contributed by atoms with E-state index in [1.807, 2.05) is 0 Å². The largest absolute Gasteiger partial charge is 0.457 e. The molecule has 0 radical (unpaired) electrons. The maximum Gasteiger partial charge on any atom is 0.266 e. The number of rotatable bonds is 3. The lowest BCUT2D eigenvalue weighted by Crippen LogP contribution is -2.29. The Morgan fingerprint density at radius 2 is 1.44 bits per heavy atom. The summed E-state index contributed by atoms with van der Waals surface area (Å²) >= 11 is 5.85. The molecule has 1 aliphatic rings. The van der Waals surface area contributed by atoms with Crippen LogP contribution in [-0.2, 0) is 0 Å². The number of hydrogen-bond acceptors (Lipinski definition) is 4. The minimum Gasteiger partial charge on any atom is -0.457 e. The molecule has 0 bridgehead atoms. The first-order valence-corrected chi connectivity index (χ1v) is 7.87. The molecule has 2 aromatic carbocycles. The summed E-state index contributed by atoms with van der Waals surface area (Å²) in [6, 6.07) is 15.0. The van der Waals surface area contributed by atoms with Gasteiger partial charge in [-0.2, -0.15) is 0 Å². The Kier molecular flexibility index (Phi) is 3.71. The van der Waals surface area contributed by atoms with E-state index in [0.29, 0.717) is 33.3 Å². The molecular weight excluding hydrogens is 340 g/mol. The van der Waals surface area contributed by atoms with E-state index < -0.39 is 0 Å². The SMILES string of the molecule is O=C1c2ccc(Oc3ccc(Cl)cc3)cc2C(=O)N1c1ccncc1. The number of imide groups is 1. The summed E-state index contributed by atoms with van der Waals surface area (Å²) < 4.78 is 5.73. The summed E-state index contributed by atoms with van der Waals surface area (Å²) in [5.41, 5.74) is 1.15. The molecule has 5 nitrogen and oxygen atoms in total. The molecule has 0 unspecified atom stereocenters. The second kappa shape index (κ2) is 6.03. The first kappa shape index (κ1) is 15.4. The monoisotopic (exact) mass is 350 g/mol. The molecular formula is C19H11ClN2O3. The van der Waals surface area contributed by atoms with Crippen LogP contribution in [0.15, 0.2) is 67.0 Å². The third kappa shape index (κ3) is 2.75. The van der Waals surface area contributed by atoms with Crippen molar-refractivity contribution in [2.24, 2.45) is 0 Å². The molecule has 25 heavy (non-hydrogen) atoms. The van der Waals surface area contributed by atoms with Crippen molar-refractivity contribution in [3.63, 3.8) is 0 Å². The normalized spacial score (nSPS) is 13.1. The van der Waals surface area contributed by atoms with Gasteiger partial charge in [0.05, 0.1) is 16.8 Å². The zero-order chi connectivity index (χ0) is 17.4. The van der Waals surface area contributed by atoms with Gasteiger partial charge in [-0.25, -0.2) is 4.90 Å². The van der Waals surface area contributed by atoms with E-state index in [0.717, 1.165) is 4.90 Å². The molecule has 2 heterocycles. The predicted molar refractivity (Wildman–Crippen MR) is 93.3 cm³/mol. The van der Waals surface area contributed by atoms with Crippen molar-refractivity contribution < 1.29 is 14.3 Å². The number of carbonyl (C=O) groups is 2. The van der Waals surface area contributed by atoms with Gasteiger partial charge in [-0.15, -0.1) is 0 Å². The van der Waals surface area contributed by atoms with Gasteiger partial charge in [0.25, 0.3) is 11.8 Å². The van der Waals surface area contributed by atoms with Crippen molar-refractivity contribution in [2.45, 2.75) is 0 Å². The second-order valence-corrected chi connectivity index (χ2v) is 5.85. The van der Waals surface area contributed by atoms with Crippen molar-refractivity contribution in [3.05, 3.63) is 83.1 Å². The highest BCUT2D eigenvalue weighted by Crippen LogP contribution is 2.32. The van der Waals surface area contributed by atoms with Crippen LogP contribution >= 0.6 is 11.6 Å². The standard InChI is InChI=1S/C19H11ClN2O3/c20-12-1-3-14(4-2-12)25-15-5-6-16-17(11-15)19(24)22(18(16)23)13-7-9-21-10-8-13/h1-11H. The minimum atomic E-state index is -0.382. The Balaban J connectivity index is 1.66. The third-order valence-electron chi connectivity index (χ3n) is 3.83. The number of anilines is 1. The molecule has 0 saturated carbocycles. The molecule has 0 saturated heterocycles. The highest BCUT2D eigenvalue weighted by atomic mass is 35.5. The highest BCUT2D eigenvalue weighted by molar-refractivity contribution is 6.34. The van der Waals surface area contributed by atoms with Crippen LogP contribution in [0.5, 0.6) is 11.5 Å². The molecule has 6 heteroatoms. The fourth-order valence-corrected chi connectivity index (χ4v) is 2.78. The Bertz CT molecular complexity index is 972. The van der Waals surface area contributed by atoms with Crippen LogP contribution in [0.3, 0.4) is 0 Å². The molecule has 0 N–H and O–H groups in total. The molecule has 1 aromatic heterocycles. The Hall–Kier alpha value is -3.18. The summed E-state index contributed by atoms with van der Waals surface area (Å²) in [4.78, 5) is 30.3. The van der Waals surface area contributed by atoms with Crippen molar-refractivity contribution in [2.75, 3.05) is 4.90 Å². The number of fused-ring (bicyclic) bond motifs is 1. The number of hydrogen-bond donors (Lipinski definition) is 0. The third-order valence-corrected chi connectivity index (χ3v) is 4.08. The number of halogens is 1. The van der Waals surface area contributed by atoms with Crippen LogP contribution in [0.4, 0.5) is 5.69 Å². The quantitative estimate of drug-likeness (QED) is 0.660. The molecule has 2 amide bonds. The van der Waals surface area contributed by atoms with Gasteiger partial charge < -0.3 is 4.74 Å². The summed E-state index contributed by atoms with van der Waals surface area (Å²) in [7, 11) is 0. The van der Waals surface area contributed by atoms with E-state index in [-0.39, 0.29) is 11.8 Å². The predicted octanol–water partition coefficient (Wildman–Crippen LogP) is 4.33. The fraction of sp³-hybridized carbons (Fsp3) is 0. The van der Waals surface area contributed by atoms with E-state index in [9.17, 15) is 9.59 Å². The van der Waals surface area contributed by atoms with Gasteiger partial charge in [-0.3, -0.25) is 14.6 Å². The number of ether oxygens (including phenoxy) is 1. The topological polar surface area (TPSA) is 59.5 Å². The number of pyridine rings is 1. The van der Waals surface area contributed by atoms with Crippen LogP contribution in [0.1, 0.15) is 20.7 Å². The molecule has 0 aliphatic carbocycles. The van der Waals surface area contributed by atoms with Gasteiger partial charge in [0.15, 0.2) is 0 Å². The first-order valence-electron chi connectivity index (χ1n) is 7.50. The molecule has 0 spiro atoms. The molecule has 0 fully saturated rings. The van der Waals surface area contributed by atoms with Crippen LogP contribution in [-0.4, -0.2) is 16.8 Å². The van der Waals surface area contributed by atoms with E-state index in [2.05, 4.69) is 4.98 Å². The highest BCUT2D eigenvalue weighted by Gasteiger charge is 2.36. The zero-order valence-corrected chi connectivity index (χ0v) is 13.6. The fourth-order valence-electron chi connectivity index (χ4n) is 2.65. The average molecular weight is 351 g/mol. The minimum absolute atomic E-state index is 0.313. The lowest BCUT2D eigenvalue weighted by molar-refractivity contribution is 0.0926. The van der Waals surface area contributed by atoms with Crippen molar-refractivity contribution in [1.82, 2.24) is 4.98 Å². The Labute approximate surface area is 148 Å². The molecule has 4 rings (SSSR count). The summed E-state index contributed by atoms with van der Waals surface area (Å²) in [6.45, 7) is 0. The average Bonchev–Trinajstić information content (AvgIpc) is 2.88. The summed E-state index contributed by atoms with van der Waals surface area (Å²) in [5.74, 6) is 0.322. The van der Waals surface area contributed by atoms with Gasteiger partial charge in [-0.05, 0) is 54.6 Å². The number of aromatic nitrogens is 1. The number of amides is 2. The maximum atomic E-state index is 12.7. The van der Waals surface area contributed by atoms with Gasteiger partial charge in [0, 0.05) is 17.4 Å². The molecule has 1 aliphatic heterocycles. The van der Waals surface area contributed by atoms with Crippen LogP contribution in [0, 0.1) is 0 Å². The Morgan fingerprint density at radius 1 is 0.800 bits per heavy atom. The number of carbonyl (C=O) groups excluding carboxylic acids is 2. The van der Waals surface area contributed by atoms with E-state index in [4.69, 9.17) is 16.3 Å². The van der Waals surface area contributed by atoms with Crippen molar-refractivity contribution in [3.8, 4) is 11.5 Å². The lowest BCUT2D eigenvalue weighted by Gasteiger charge is -2.12. The smallest absolute Gasteiger partial charge is 0.266 e. The van der Waals surface area contributed by atoms with Crippen LogP contribution in [0.25, 0.3) is 0 Å². The number of benzene rings is 2. The van der Waals surface area contributed by atoms with Gasteiger partial charge in [0.2, 0.25) is 0 Å². The summed E-state index contributed by atoms with van der Waals surface area (Å²) in [6.07, 6.45) is 3.07. The van der Waals surface area contributed by atoms with Gasteiger partial charge in [0.1, 0.15) is 11.5 Å². The molecule has 0 atom stereocenters. The van der Waals surface area contributed by atoms with Crippen molar-refractivity contribution >= 4 is 29.1 Å². The molecule has 3 aromatic rings. The van der Waals surface area contributed by atoms with Gasteiger partial charge in [-0.1, -0.05) is 11.6 Å². The zero-order valence-electron chi connectivity index (χ0n) is 12.8. The Morgan fingerprint density at radius 3 is 2.16 bits per heavy atom. The van der Waals surface area contributed by atoms with E-state index in [1.54, 1.807) is 54.6 Å². The van der Waals surface area contributed by atoms with Crippen molar-refractivity contribution in [1.29, 1.82) is 0 Å². The van der Waals surface area contributed by atoms with Crippen LogP contribution in [0.2, 0.25) is 5.02 Å². The second-order valence-electron chi connectivity index (χ2n) is 5.41. The van der Waals surface area contributed by atoms with Crippen LogP contribution < -0.4 is 9.64 Å². The summed E-state index contributed by atoms with van der Waals surface area (Å²) in [5, 5.41) is 0.607. The first-order chi connectivity index (χ1) is 12.1. The molecule has 122 valence electrons. The lowest BCUT2D eigenvalue weighted by atomic mass is 10.1. The van der Waals surface area contributed by atoms with Gasteiger partial charge >= 0.3 is 0 Å². The number of nitrogens with zero attached hydrogens (tertiary/aromatic N) is 2. The van der Waals surface area contributed by atoms with E-state index in [1.165, 1.54) is 12.4 Å². The maximum absolute atomic E-state index is 12.7. The van der Waals surface area contributed by atoms with E-state index >= 15 is 0 Å².